The number of hydrogen-bond donors (Lipinski definition) is 1. The van der Waals surface area contributed by atoms with Crippen LogP contribution in [-0.4, -0.2) is 0 Å². The van der Waals surface area contributed by atoms with Gasteiger partial charge in [-0.2, -0.15) is 0 Å². The van der Waals surface area contributed by atoms with E-state index in [1.165, 1.54) is 30.4 Å². The van der Waals surface area contributed by atoms with Crippen LogP contribution < -0.4 is 5.73 Å². The smallest absolute Gasteiger partial charge is 0.0456 e. The van der Waals surface area contributed by atoms with E-state index in [9.17, 15) is 0 Å². The first-order valence-corrected chi connectivity index (χ1v) is 8.07. The molecular weight excluding hydrogens is 278 g/mol. The maximum Gasteiger partial charge on any atom is 0.0456 e. The van der Waals surface area contributed by atoms with Crippen LogP contribution in [0.15, 0.2) is 48.5 Å². The molecule has 0 radical (unpaired) electrons. The Labute approximate surface area is 132 Å². The number of hydrogen-bond acceptors (Lipinski definition) is 1. The fourth-order valence-corrected chi connectivity index (χ4v) is 3.96. The molecule has 0 heterocycles. The monoisotopic (exact) mass is 299 g/mol. The van der Waals surface area contributed by atoms with Gasteiger partial charge in [-0.15, -0.1) is 0 Å². The molecule has 0 aromatic heterocycles. The number of nitrogens with two attached hydrogens (primary N) is 1. The SMILES string of the molecule is CC(N)(CC1CCCc2ccccc21)c1ccccc1Cl. The third kappa shape index (κ3) is 3.00. The zero-order chi connectivity index (χ0) is 14.9. The van der Waals surface area contributed by atoms with Crippen molar-refractivity contribution in [1.82, 2.24) is 0 Å². The lowest BCUT2D eigenvalue weighted by Crippen LogP contribution is -2.35. The van der Waals surface area contributed by atoms with E-state index < -0.39 is 5.54 Å². The maximum absolute atomic E-state index is 6.64. The molecule has 0 saturated heterocycles. The molecule has 0 amide bonds. The zero-order valence-electron chi connectivity index (χ0n) is 12.5. The number of fused-ring (bicyclic) bond motifs is 1. The Bertz CT molecular complexity index is 633. The highest BCUT2D eigenvalue weighted by Gasteiger charge is 2.30. The Kier molecular flexibility index (Phi) is 4.05. The van der Waals surface area contributed by atoms with Gasteiger partial charge in [0.25, 0.3) is 0 Å². The highest BCUT2D eigenvalue weighted by atomic mass is 35.5. The fourth-order valence-electron chi connectivity index (χ4n) is 3.61. The Morgan fingerprint density at radius 1 is 1.14 bits per heavy atom. The standard InChI is InChI=1S/C19H22ClN/c1-19(21,17-11-4-5-12-18(17)20)13-15-9-6-8-14-7-2-3-10-16(14)15/h2-5,7,10-12,15H,6,8-9,13,21H2,1H3. The lowest BCUT2D eigenvalue weighted by molar-refractivity contribution is 0.376. The largest absolute Gasteiger partial charge is 0.322 e. The number of aryl methyl sites for hydroxylation is 1. The van der Waals surface area contributed by atoms with Crippen molar-refractivity contribution in [1.29, 1.82) is 0 Å². The minimum absolute atomic E-state index is 0.395. The quantitative estimate of drug-likeness (QED) is 0.845. The lowest BCUT2D eigenvalue weighted by atomic mass is 9.74. The van der Waals surface area contributed by atoms with Crippen LogP contribution in [0.4, 0.5) is 0 Å². The second-order valence-corrected chi connectivity index (χ2v) is 6.80. The number of rotatable bonds is 3. The van der Waals surface area contributed by atoms with Gasteiger partial charge in [-0.3, -0.25) is 0 Å². The maximum atomic E-state index is 6.64. The molecule has 2 heteroatoms. The predicted molar refractivity (Wildman–Crippen MR) is 89.7 cm³/mol. The van der Waals surface area contributed by atoms with Gasteiger partial charge in [0.2, 0.25) is 0 Å². The van der Waals surface area contributed by atoms with E-state index in [2.05, 4.69) is 37.3 Å². The zero-order valence-corrected chi connectivity index (χ0v) is 13.2. The van der Waals surface area contributed by atoms with Crippen LogP contribution in [0.2, 0.25) is 5.02 Å². The molecule has 2 N–H and O–H groups in total. The lowest BCUT2D eigenvalue weighted by Gasteiger charge is -2.34. The van der Waals surface area contributed by atoms with E-state index in [1.54, 1.807) is 0 Å². The van der Waals surface area contributed by atoms with Crippen molar-refractivity contribution < 1.29 is 0 Å². The van der Waals surface area contributed by atoms with Crippen molar-refractivity contribution in [2.75, 3.05) is 0 Å². The van der Waals surface area contributed by atoms with Crippen molar-refractivity contribution in [3.05, 3.63) is 70.2 Å². The molecule has 2 aromatic rings. The summed E-state index contributed by atoms with van der Waals surface area (Å²) in [7, 11) is 0. The Morgan fingerprint density at radius 3 is 2.67 bits per heavy atom. The molecule has 1 nitrogen and oxygen atoms in total. The molecule has 0 bridgehead atoms. The van der Waals surface area contributed by atoms with Crippen molar-refractivity contribution >= 4 is 11.6 Å². The Hall–Kier alpha value is -1.31. The highest BCUT2D eigenvalue weighted by Crippen LogP contribution is 2.40. The minimum Gasteiger partial charge on any atom is -0.322 e. The number of benzene rings is 2. The summed E-state index contributed by atoms with van der Waals surface area (Å²) in [5.74, 6) is 0.529. The van der Waals surface area contributed by atoms with Gasteiger partial charge >= 0.3 is 0 Å². The highest BCUT2D eigenvalue weighted by molar-refractivity contribution is 6.31. The summed E-state index contributed by atoms with van der Waals surface area (Å²) >= 11 is 6.35. The third-order valence-corrected chi connectivity index (χ3v) is 4.98. The molecule has 3 rings (SSSR count). The van der Waals surface area contributed by atoms with E-state index in [-0.39, 0.29) is 0 Å². The van der Waals surface area contributed by atoms with E-state index in [1.807, 2.05) is 18.2 Å². The molecule has 110 valence electrons. The third-order valence-electron chi connectivity index (χ3n) is 4.65. The fraction of sp³-hybridized carbons (Fsp3) is 0.368. The van der Waals surface area contributed by atoms with Crippen LogP contribution in [0.1, 0.15) is 48.8 Å². The topological polar surface area (TPSA) is 26.0 Å². The van der Waals surface area contributed by atoms with Crippen molar-refractivity contribution in [3.63, 3.8) is 0 Å². The van der Waals surface area contributed by atoms with Gasteiger partial charge in [0.05, 0.1) is 0 Å². The minimum atomic E-state index is -0.395. The molecule has 2 aromatic carbocycles. The van der Waals surface area contributed by atoms with E-state index in [0.29, 0.717) is 5.92 Å². The summed E-state index contributed by atoms with van der Waals surface area (Å²) in [5, 5.41) is 0.770. The Balaban J connectivity index is 1.89. The second kappa shape index (κ2) is 5.82. The first kappa shape index (κ1) is 14.6. The molecule has 1 aliphatic carbocycles. The summed E-state index contributed by atoms with van der Waals surface area (Å²) < 4.78 is 0. The Morgan fingerprint density at radius 2 is 1.86 bits per heavy atom. The van der Waals surface area contributed by atoms with E-state index >= 15 is 0 Å². The van der Waals surface area contributed by atoms with Gasteiger partial charge < -0.3 is 5.73 Å². The molecule has 0 fully saturated rings. The van der Waals surface area contributed by atoms with Gasteiger partial charge in [0, 0.05) is 10.6 Å². The van der Waals surface area contributed by atoms with E-state index in [0.717, 1.165) is 17.0 Å². The summed E-state index contributed by atoms with van der Waals surface area (Å²) in [5.41, 5.74) is 10.3. The molecule has 21 heavy (non-hydrogen) atoms. The normalized spacial score (nSPS) is 20.6. The average molecular weight is 300 g/mol. The molecule has 2 unspecified atom stereocenters. The van der Waals surface area contributed by atoms with Gasteiger partial charge in [-0.1, -0.05) is 54.1 Å². The summed E-state index contributed by atoms with van der Waals surface area (Å²) in [6, 6.07) is 16.7. The van der Waals surface area contributed by atoms with Crippen LogP contribution >= 0.6 is 11.6 Å². The molecular formula is C19H22ClN. The van der Waals surface area contributed by atoms with E-state index in [4.69, 9.17) is 17.3 Å². The second-order valence-electron chi connectivity index (χ2n) is 6.39. The molecule has 1 aliphatic rings. The van der Waals surface area contributed by atoms with Crippen LogP contribution in [0.5, 0.6) is 0 Å². The van der Waals surface area contributed by atoms with Gasteiger partial charge in [-0.25, -0.2) is 0 Å². The molecule has 0 aliphatic heterocycles. The summed E-state index contributed by atoms with van der Waals surface area (Å²) in [4.78, 5) is 0. The van der Waals surface area contributed by atoms with Gasteiger partial charge in [0.15, 0.2) is 0 Å². The van der Waals surface area contributed by atoms with Crippen molar-refractivity contribution in [2.45, 2.75) is 44.1 Å². The van der Waals surface area contributed by atoms with Gasteiger partial charge in [-0.05, 0) is 61.3 Å². The predicted octanol–water partition coefficient (Wildman–Crippen LogP) is 5.02. The molecule has 0 spiro atoms. The van der Waals surface area contributed by atoms with Gasteiger partial charge in [0.1, 0.15) is 0 Å². The summed E-state index contributed by atoms with van der Waals surface area (Å²) in [6.07, 6.45) is 4.60. The van der Waals surface area contributed by atoms with Crippen LogP contribution in [0.3, 0.4) is 0 Å². The van der Waals surface area contributed by atoms with Crippen LogP contribution in [0, 0.1) is 0 Å². The van der Waals surface area contributed by atoms with Crippen molar-refractivity contribution in [3.8, 4) is 0 Å². The molecule has 0 saturated carbocycles. The summed E-state index contributed by atoms with van der Waals surface area (Å²) in [6.45, 7) is 2.10. The van der Waals surface area contributed by atoms with Crippen LogP contribution in [0.25, 0.3) is 0 Å². The van der Waals surface area contributed by atoms with Crippen molar-refractivity contribution in [2.24, 2.45) is 5.73 Å². The first-order valence-electron chi connectivity index (χ1n) is 7.69. The molecule has 2 atom stereocenters. The number of halogens is 1. The first-order chi connectivity index (χ1) is 10.1. The van der Waals surface area contributed by atoms with Crippen LogP contribution in [-0.2, 0) is 12.0 Å². The average Bonchev–Trinajstić information content (AvgIpc) is 2.47.